The van der Waals surface area contributed by atoms with E-state index in [-0.39, 0.29) is 30.8 Å². The average molecular weight is 444 g/mol. The van der Waals surface area contributed by atoms with Crippen molar-refractivity contribution in [1.29, 1.82) is 0 Å². The normalized spacial score (nSPS) is 15.1. The summed E-state index contributed by atoms with van der Waals surface area (Å²) in [7, 11) is 0. The van der Waals surface area contributed by atoms with E-state index in [0.29, 0.717) is 25.5 Å². The lowest BCUT2D eigenvalue weighted by molar-refractivity contribution is -0.142. The van der Waals surface area contributed by atoms with Gasteiger partial charge in [-0.2, -0.15) is 0 Å². The summed E-state index contributed by atoms with van der Waals surface area (Å²) in [6.45, 7) is 5.97. The second kappa shape index (κ2) is 12.2. The summed E-state index contributed by atoms with van der Waals surface area (Å²) in [5, 5.41) is 2.92. The van der Waals surface area contributed by atoms with E-state index in [2.05, 4.69) is 10.2 Å². The van der Waals surface area contributed by atoms with E-state index in [1.165, 1.54) is 17.0 Å². The van der Waals surface area contributed by atoms with E-state index in [9.17, 15) is 14.0 Å². The van der Waals surface area contributed by atoms with Crippen LogP contribution in [0.15, 0.2) is 54.6 Å². The first kappa shape index (κ1) is 23.7. The second-order valence-electron chi connectivity index (χ2n) is 7.67. The fourth-order valence-electron chi connectivity index (χ4n) is 3.42. The van der Waals surface area contributed by atoms with Gasteiger partial charge in [-0.25, -0.2) is 4.39 Å². The molecule has 0 unspecified atom stereocenters. The minimum absolute atomic E-state index is 0.176. The first-order chi connectivity index (χ1) is 15.5. The fourth-order valence-corrected chi connectivity index (χ4v) is 3.42. The maximum atomic E-state index is 13.3. The molecule has 0 saturated carbocycles. The molecule has 1 N–H and O–H groups in total. The lowest BCUT2D eigenvalue weighted by atomic mass is 10.1. The van der Waals surface area contributed by atoms with E-state index < -0.39 is 6.04 Å². The van der Waals surface area contributed by atoms with Crippen molar-refractivity contribution in [3.05, 3.63) is 66.0 Å². The van der Waals surface area contributed by atoms with Gasteiger partial charge in [-0.1, -0.05) is 30.3 Å². The molecule has 7 nitrogen and oxygen atoms in total. The van der Waals surface area contributed by atoms with Crippen LogP contribution in [-0.4, -0.2) is 73.7 Å². The van der Waals surface area contributed by atoms with Gasteiger partial charge >= 0.3 is 0 Å². The van der Waals surface area contributed by atoms with Gasteiger partial charge in [-0.15, -0.1) is 0 Å². The Kier molecular flexibility index (Phi) is 9.01. The number of halogens is 1. The van der Waals surface area contributed by atoms with Gasteiger partial charge < -0.3 is 19.7 Å². The van der Waals surface area contributed by atoms with Crippen molar-refractivity contribution in [2.45, 2.75) is 19.5 Å². The second-order valence-corrected chi connectivity index (χ2v) is 7.67. The standard InChI is InChI=1S/C24H30FN3O4/c1-19(24(30)26-11-12-27-13-15-31-16-14-27)28(17-20-7-9-21(25)10-8-20)23(29)18-32-22-5-3-2-4-6-22/h2-10,19H,11-18H2,1H3,(H,26,30)/t19-/m1/s1. The number of rotatable bonds is 10. The third-order valence-corrected chi connectivity index (χ3v) is 5.37. The molecule has 2 amide bonds. The summed E-state index contributed by atoms with van der Waals surface area (Å²) < 4.78 is 24.2. The van der Waals surface area contributed by atoms with Crippen LogP contribution in [0.3, 0.4) is 0 Å². The van der Waals surface area contributed by atoms with Crippen LogP contribution < -0.4 is 10.1 Å². The van der Waals surface area contributed by atoms with Crippen molar-refractivity contribution in [3.63, 3.8) is 0 Å². The number of ether oxygens (including phenoxy) is 2. The van der Waals surface area contributed by atoms with Gasteiger partial charge in [0.05, 0.1) is 13.2 Å². The minimum Gasteiger partial charge on any atom is -0.484 e. The minimum atomic E-state index is -0.711. The smallest absolute Gasteiger partial charge is 0.261 e. The van der Waals surface area contributed by atoms with Crippen LogP contribution in [0.25, 0.3) is 0 Å². The highest BCUT2D eigenvalue weighted by molar-refractivity contribution is 5.87. The molecule has 1 saturated heterocycles. The Morgan fingerprint density at radius 2 is 1.81 bits per heavy atom. The Balaban J connectivity index is 1.60. The molecule has 0 bridgehead atoms. The molecular weight excluding hydrogens is 413 g/mol. The number of carbonyl (C=O) groups excluding carboxylic acids is 2. The molecule has 1 heterocycles. The van der Waals surface area contributed by atoms with Crippen LogP contribution >= 0.6 is 0 Å². The van der Waals surface area contributed by atoms with E-state index >= 15 is 0 Å². The first-order valence-electron chi connectivity index (χ1n) is 10.8. The summed E-state index contributed by atoms with van der Waals surface area (Å²) in [6.07, 6.45) is 0. The third kappa shape index (κ3) is 7.32. The number of carbonyl (C=O) groups is 2. The third-order valence-electron chi connectivity index (χ3n) is 5.37. The highest BCUT2D eigenvalue weighted by Gasteiger charge is 2.26. The van der Waals surface area contributed by atoms with Crippen LogP contribution in [0.4, 0.5) is 4.39 Å². The maximum Gasteiger partial charge on any atom is 0.261 e. The summed E-state index contributed by atoms with van der Waals surface area (Å²) in [6, 6.07) is 14.2. The number of amides is 2. The Bertz CT molecular complexity index is 857. The predicted octanol–water partition coefficient (Wildman–Crippen LogP) is 2.07. The molecule has 1 fully saturated rings. The SMILES string of the molecule is C[C@H](C(=O)NCCN1CCOCC1)N(Cc1ccc(F)cc1)C(=O)COc1ccccc1. The monoisotopic (exact) mass is 443 g/mol. The number of benzene rings is 2. The lowest BCUT2D eigenvalue weighted by Gasteiger charge is -2.30. The summed E-state index contributed by atoms with van der Waals surface area (Å²) >= 11 is 0. The summed E-state index contributed by atoms with van der Waals surface area (Å²) in [5.41, 5.74) is 0.729. The molecule has 2 aromatic rings. The first-order valence-corrected chi connectivity index (χ1v) is 10.8. The molecule has 32 heavy (non-hydrogen) atoms. The predicted molar refractivity (Wildman–Crippen MR) is 119 cm³/mol. The topological polar surface area (TPSA) is 71.1 Å². The van der Waals surface area contributed by atoms with Gasteiger partial charge in [0, 0.05) is 32.7 Å². The zero-order valence-electron chi connectivity index (χ0n) is 18.3. The van der Waals surface area contributed by atoms with Crippen LogP contribution in [-0.2, 0) is 20.9 Å². The molecule has 1 aliphatic rings. The van der Waals surface area contributed by atoms with Crippen LogP contribution in [0.1, 0.15) is 12.5 Å². The Hall–Kier alpha value is -2.97. The van der Waals surface area contributed by atoms with E-state index in [4.69, 9.17) is 9.47 Å². The summed E-state index contributed by atoms with van der Waals surface area (Å²) in [5.74, 6) is -0.347. The van der Waals surface area contributed by atoms with E-state index in [0.717, 1.165) is 25.2 Å². The molecule has 0 aliphatic carbocycles. The molecule has 172 valence electrons. The highest BCUT2D eigenvalue weighted by Crippen LogP contribution is 2.13. The van der Waals surface area contributed by atoms with E-state index in [1.807, 2.05) is 18.2 Å². The van der Waals surface area contributed by atoms with Crippen molar-refractivity contribution in [2.75, 3.05) is 46.0 Å². The Morgan fingerprint density at radius 3 is 2.50 bits per heavy atom. The number of nitrogens with one attached hydrogen (secondary N) is 1. The summed E-state index contributed by atoms with van der Waals surface area (Å²) in [4.78, 5) is 29.5. The van der Waals surface area contributed by atoms with Crippen molar-refractivity contribution in [1.82, 2.24) is 15.1 Å². The fraction of sp³-hybridized carbons (Fsp3) is 0.417. The van der Waals surface area contributed by atoms with E-state index in [1.54, 1.807) is 31.2 Å². The van der Waals surface area contributed by atoms with Gasteiger partial charge in [0.2, 0.25) is 5.91 Å². The molecular formula is C24H30FN3O4. The molecule has 3 rings (SSSR count). The van der Waals surface area contributed by atoms with Crippen LogP contribution in [0.5, 0.6) is 5.75 Å². The average Bonchev–Trinajstić information content (AvgIpc) is 2.83. The molecule has 0 radical (unpaired) electrons. The molecule has 8 heteroatoms. The zero-order valence-corrected chi connectivity index (χ0v) is 18.3. The number of nitrogens with zero attached hydrogens (tertiary/aromatic N) is 2. The van der Waals surface area contributed by atoms with Gasteiger partial charge in [0.25, 0.3) is 5.91 Å². The number of hydrogen-bond acceptors (Lipinski definition) is 5. The van der Waals surface area contributed by atoms with Crippen LogP contribution in [0, 0.1) is 5.82 Å². The Morgan fingerprint density at radius 1 is 1.12 bits per heavy atom. The van der Waals surface area contributed by atoms with Gasteiger partial charge in [-0.3, -0.25) is 14.5 Å². The Labute approximate surface area is 188 Å². The maximum absolute atomic E-state index is 13.3. The quantitative estimate of drug-likeness (QED) is 0.609. The number of para-hydroxylation sites is 1. The van der Waals surface area contributed by atoms with Crippen molar-refractivity contribution in [3.8, 4) is 5.75 Å². The lowest BCUT2D eigenvalue weighted by Crippen LogP contribution is -2.50. The largest absolute Gasteiger partial charge is 0.484 e. The van der Waals surface area contributed by atoms with Gasteiger partial charge in [0.15, 0.2) is 6.61 Å². The molecule has 0 aromatic heterocycles. The van der Waals surface area contributed by atoms with Crippen molar-refractivity contribution in [2.24, 2.45) is 0 Å². The molecule has 0 spiro atoms. The zero-order chi connectivity index (χ0) is 22.8. The highest BCUT2D eigenvalue weighted by atomic mass is 19.1. The number of morpholine rings is 1. The molecule has 1 aliphatic heterocycles. The number of hydrogen-bond donors (Lipinski definition) is 1. The van der Waals surface area contributed by atoms with Crippen LogP contribution in [0.2, 0.25) is 0 Å². The van der Waals surface area contributed by atoms with Gasteiger partial charge in [0.1, 0.15) is 17.6 Å². The molecule has 2 aromatic carbocycles. The van der Waals surface area contributed by atoms with Crippen molar-refractivity contribution >= 4 is 11.8 Å². The molecule has 1 atom stereocenters. The van der Waals surface area contributed by atoms with Crippen molar-refractivity contribution < 1.29 is 23.5 Å². The van der Waals surface area contributed by atoms with Gasteiger partial charge in [-0.05, 0) is 36.8 Å².